The van der Waals surface area contributed by atoms with Gasteiger partial charge >= 0.3 is 11.9 Å². The summed E-state index contributed by atoms with van der Waals surface area (Å²) in [6.45, 7) is 4.75. The Morgan fingerprint density at radius 3 is 1.23 bits per heavy atom. The quantitative estimate of drug-likeness (QED) is 0.0425. The van der Waals surface area contributed by atoms with E-state index in [1.54, 1.807) is 0 Å². The first kappa shape index (κ1) is 50.9. The molecule has 0 spiro atoms. The van der Waals surface area contributed by atoms with E-state index in [9.17, 15) is 9.59 Å². The smallest absolute Gasteiger partial charge is 0.305 e. The summed E-state index contributed by atoms with van der Waals surface area (Å²) in [5, 5.41) is 12.4. The molecular weight excluding hydrogens is 645 g/mol. The summed E-state index contributed by atoms with van der Waals surface area (Å²) >= 11 is 0. The van der Waals surface area contributed by atoms with Gasteiger partial charge in [0.05, 0.1) is 6.61 Å². The molecule has 0 heterocycles. The van der Waals surface area contributed by atoms with Crippen LogP contribution < -0.4 is 11.1 Å². The molecule has 0 aliphatic carbocycles. The summed E-state index contributed by atoms with van der Waals surface area (Å²) < 4.78 is 5.47. The maximum atomic E-state index is 12.0. The molecule has 0 aromatic rings. The Hall–Kier alpha value is -1.14. The van der Waals surface area contributed by atoms with Gasteiger partial charge in [-0.05, 0) is 38.6 Å². The van der Waals surface area contributed by atoms with Gasteiger partial charge < -0.3 is 20.9 Å². The number of esters is 1. The van der Waals surface area contributed by atoms with Crippen molar-refractivity contribution in [3.8, 4) is 0 Å². The Labute approximate surface area is 324 Å². The van der Waals surface area contributed by atoms with Crippen LogP contribution in [0.3, 0.4) is 0 Å². The highest BCUT2D eigenvalue weighted by molar-refractivity contribution is 5.69. The molecule has 0 aliphatic rings. The summed E-state index contributed by atoms with van der Waals surface area (Å²) in [7, 11) is 0. The Morgan fingerprint density at radius 1 is 0.481 bits per heavy atom. The number of hydrogen-bond acceptors (Lipinski definition) is 5. The normalized spacial score (nSPS) is 12.0. The van der Waals surface area contributed by atoms with Crippen molar-refractivity contribution in [2.24, 2.45) is 5.73 Å². The third-order valence-electron chi connectivity index (χ3n) is 11.0. The van der Waals surface area contributed by atoms with Crippen molar-refractivity contribution in [1.82, 2.24) is 5.32 Å². The molecule has 0 aromatic carbocycles. The Morgan fingerprint density at radius 2 is 0.827 bits per heavy atom. The van der Waals surface area contributed by atoms with E-state index in [1.165, 1.54) is 205 Å². The number of carboxylic acids is 1. The zero-order valence-electron chi connectivity index (χ0n) is 35.0. The molecule has 0 bridgehead atoms. The second kappa shape index (κ2) is 44.3. The van der Waals surface area contributed by atoms with Crippen LogP contribution in [0, 0.1) is 0 Å². The van der Waals surface area contributed by atoms with Crippen molar-refractivity contribution < 1.29 is 19.4 Å². The highest BCUT2D eigenvalue weighted by atomic mass is 16.5. The summed E-state index contributed by atoms with van der Waals surface area (Å²) in [6, 6.07) is 0.477. The lowest BCUT2D eigenvalue weighted by molar-refractivity contribution is -0.144. The van der Waals surface area contributed by atoms with E-state index in [0.29, 0.717) is 25.5 Å². The van der Waals surface area contributed by atoms with E-state index in [4.69, 9.17) is 15.6 Å². The molecule has 0 fully saturated rings. The molecule has 6 nitrogen and oxygen atoms in total. The molecule has 4 N–H and O–H groups in total. The number of ether oxygens (including phenoxy) is 1. The van der Waals surface area contributed by atoms with Gasteiger partial charge in [0.1, 0.15) is 0 Å². The summed E-state index contributed by atoms with van der Waals surface area (Å²) in [5.74, 6) is -0.653. The fraction of sp³-hybridized carbons (Fsp3) is 0.957. The summed E-state index contributed by atoms with van der Waals surface area (Å²) in [5.41, 5.74) is 6.03. The van der Waals surface area contributed by atoms with Gasteiger partial charge in [-0.15, -0.1) is 0 Å². The third kappa shape index (κ3) is 43.3. The van der Waals surface area contributed by atoms with Gasteiger partial charge in [0.15, 0.2) is 0 Å². The van der Waals surface area contributed by atoms with Crippen LogP contribution in [0.4, 0.5) is 0 Å². The lowest BCUT2D eigenvalue weighted by atomic mass is 10.0. The summed E-state index contributed by atoms with van der Waals surface area (Å²) in [4.78, 5) is 22.5. The number of carbonyl (C=O) groups is 2. The molecule has 310 valence electrons. The number of unbranched alkanes of at least 4 members (excludes halogenated alkanes) is 33. The molecule has 0 saturated heterocycles. The van der Waals surface area contributed by atoms with Gasteiger partial charge in [-0.25, -0.2) is 0 Å². The van der Waals surface area contributed by atoms with Gasteiger partial charge in [0, 0.05) is 25.4 Å². The van der Waals surface area contributed by atoms with Crippen molar-refractivity contribution in [2.45, 2.75) is 263 Å². The third-order valence-corrected chi connectivity index (χ3v) is 11.0. The van der Waals surface area contributed by atoms with Gasteiger partial charge in [0.2, 0.25) is 0 Å². The number of carboxylic acid groups (broad SMARTS) is 1. The largest absolute Gasteiger partial charge is 0.481 e. The zero-order valence-corrected chi connectivity index (χ0v) is 35.0. The standard InChI is InChI=1S/C46H92N2O4/c1-2-3-4-5-6-7-8-9-10-17-22-27-32-37-42-52-46(51)40-35-30-25-20-15-12-16-21-26-31-36-41-48-44(43-47)38-33-28-23-18-13-11-14-19-24-29-34-39-45(49)50/h44,48H,2-43,47H2,1H3,(H,49,50). The first-order chi connectivity index (χ1) is 25.6. The molecule has 1 atom stereocenters. The van der Waals surface area contributed by atoms with Crippen molar-refractivity contribution in [1.29, 1.82) is 0 Å². The average Bonchev–Trinajstić information content (AvgIpc) is 3.14. The lowest BCUT2D eigenvalue weighted by Gasteiger charge is -2.16. The fourth-order valence-corrected chi connectivity index (χ4v) is 7.41. The molecule has 6 heteroatoms. The van der Waals surface area contributed by atoms with E-state index >= 15 is 0 Å². The minimum Gasteiger partial charge on any atom is -0.481 e. The van der Waals surface area contributed by atoms with E-state index in [1.807, 2.05) is 0 Å². The molecular formula is C46H92N2O4. The van der Waals surface area contributed by atoms with Crippen LogP contribution in [0.2, 0.25) is 0 Å². The van der Waals surface area contributed by atoms with Crippen LogP contribution in [0.25, 0.3) is 0 Å². The van der Waals surface area contributed by atoms with Crippen LogP contribution >= 0.6 is 0 Å². The second-order valence-corrected chi connectivity index (χ2v) is 16.2. The van der Waals surface area contributed by atoms with E-state index < -0.39 is 5.97 Å². The fourth-order valence-electron chi connectivity index (χ4n) is 7.41. The van der Waals surface area contributed by atoms with E-state index in [-0.39, 0.29) is 5.97 Å². The molecule has 0 rings (SSSR count). The lowest BCUT2D eigenvalue weighted by Crippen LogP contribution is -2.36. The Balaban J connectivity index is 3.29. The van der Waals surface area contributed by atoms with Gasteiger partial charge in [-0.3, -0.25) is 9.59 Å². The van der Waals surface area contributed by atoms with E-state index in [2.05, 4.69) is 12.2 Å². The van der Waals surface area contributed by atoms with Crippen LogP contribution in [-0.4, -0.2) is 42.8 Å². The first-order valence-electron chi connectivity index (χ1n) is 23.4. The maximum absolute atomic E-state index is 12.0. The van der Waals surface area contributed by atoms with E-state index in [0.717, 1.165) is 45.2 Å². The minimum atomic E-state index is -0.665. The van der Waals surface area contributed by atoms with Crippen molar-refractivity contribution >= 4 is 11.9 Å². The predicted molar refractivity (Wildman–Crippen MR) is 225 cm³/mol. The van der Waals surface area contributed by atoms with Crippen LogP contribution in [0.1, 0.15) is 257 Å². The second-order valence-electron chi connectivity index (χ2n) is 16.2. The van der Waals surface area contributed by atoms with Crippen LogP contribution in [0.5, 0.6) is 0 Å². The number of nitrogens with one attached hydrogen (secondary N) is 1. The molecule has 0 aliphatic heterocycles. The van der Waals surface area contributed by atoms with Crippen molar-refractivity contribution in [2.75, 3.05) is 19.7 Å². The molecule has 52 heavy (non-hydrogen) atoms. The molecule has 0 aromatic heterocycles. The Bertz CT molecular complexity index is 718. The SMILES string of the molecule is CCCCCCCCCCCCCCCCOC(=O)CCCCCCCCCCCCCNC(CN)CCCCCCCCCCCCCC(=O)O. The Kier molecular flexibility index (Phi) is 43.3. The number of aliphatic carboxylic acids is 1. The highest BCUT2D eigenvalue weighted by Crippen LogP contribution is 2.16. The minimum absolute atomic E-state index is 0.0116. The van der Waals surface area contributed by atoms with Gasteiger partial charge in [-0.2, -0.15) is 0 Å². The van der Waals surface area contributed by atoms with Crippen LogP contribution in [0.15, 0.2) is 0 Å². The molecule has 1 unspecified atom stereocenters. The summed E-state index contributed by atoms with van der Waals surface area (Å²) in [6.07, 6.45) is 48.7. The number of hydrogen-bond donors (Lipinski definition) is 3. The van der Waals surface area contributed by atoms with Crippen molar-refractivity contribution in [3.05, 3.63) is 0 Å². The number of carbonyl (C=O) groups excluding carboxylic acids is 1. The molecule has 0 saturated carbocycles. The monoisotopic (exact) mass is 737 g/mol. The first-order valence-corrected chi connectivity index (χ1v) is 23.4. The molecule has 0 amide bonds. The molecule has 0 radical (unpaired) electrons. The van der Waals surface area contributed by atoms with Gasteiger partial charge in [-0.1, -0.05) is 212 Å². The topological polar surface area (TPSA) is 102 Å². The average molecular weight is 737 g/mol. The van der Waals surface area contributed by atoms with Crippen LogP contribution in [-0.2, 0) is 14.3 Å². The zero-order chi connectivity index (χ0) is 37.8. The predicted octanol–water partition coefficient (Wildman–Crippen LogP) is 13.8. The van der Waals surface area contributed by atoms with Crippen molar-refractivity contribution in [3.63, 3.8) is 0 Å². The maximum Gasteiger partial charge on any atom is 0.305 e. The number of rotatable bonds is 45. The highest BCUT2D eigenvalue weighted by Gasteiger charge is 2.06. The number of nitrogens with two attached hydrogens (primary N) is 1. The van der Waals surface area contributed by atoms with Gasteiger partial charge in [0.25, 0.3) is 0 Å².